The lowest BCUT2D eigenvalue weighted by Crippen LogP contribution is -2.32. The molecule has 3 rings (SSSR count). The van der Waals surface area contributed by atoms with E-state index in [-0.39, 0.29) is 11.8 Å². The number of hydrogen-bond donors (Lipinski definition) is 1. The van der Waals surface area contributed by atoms with E-state index in [9.17, 15) is 9.59 Å². The summed E-state index contributed by atoms with van der Waals surface area (Å²) in [7, 11) is 0. The van der Waals surface area contributed by atoms with Gasteiger partial charge in [0.25, 0.3) is 5.91 Å². The van der Waals surface area contributed by atoms with Gasteiger partial charge in [-0.25, -0.2) is 0 Å². The Kier molecular flexibility index (Phi) is 6.68. The first kappa shape index (κ1) is 21.3. The van der Waals surface area contributed by atoms with Gasteiger partial charge in [-0.3, -0.25) is 9.59 Å². The fourth-order valence-corrected chi connectivity index (χ4v) is 3.07. The van der Waals surface area contributed by atoms with Gasteiger partial charge >= 0.3 is 0 Å². The lowest BCUT2D eigenvalue weighted by Gasteiger charge is -2.25. The van der Waals surface area contributed by atoms with Crippen molar-refractivity contribution in [3.63, 3.8) is 0 Å². The van der Waals surface area contributed by atoms with Gasteiger partial charge in [0.05, 0.1) is 11.3 Å². The summed E-state index contributed by atoms with van der Waals surface area (Å²) < 4.78 is 0. The molecule has 1 N–H and O–H groups in total. The van der Waals surface area contributed by atoms with Crippen molar-refractivity contribution in [2.75, 3.05) is 5.32 Å². The van der Waals surface area contributed by atoms with Gasteiger partial charge in [0.2, 0.25) is 5.91 Å². The summed E-state index contributed by atoms with van der Waals surface area (Å²) in [5.74, 6) is -0.243. The molecule has 0 bridgehead atoms. The Morgan fingerprint density at radius 3 is 1.70 bits per heavy atom. The Balaban J connectivity index is 1.91. The third kappa shape index (κ3) is 5.57. The quantitative estimate of drug-likeness (QED) is 0.593. The zero-order valence-corrected chi connectivity index (χ0v) is 17.8. The largest absolute Gasteiger partial charge is 0.330 e. The first-order chi connectivity index (χ1) is 14.3. The van der Waals surface area contributed by atoms with E-state index in [0.29, 0.717) is 24.3 Å². The molecule has 0 radical (unpaired) electrons. The van der Waals surface area contributed by atoms with Gasteiger partial charge in [0.1, 0.15) is 0 Å². The maximum absolute atomic E-state index is 13.6. The molecular weight excluding hydrogens is 372 g/mol. The highest BCUT2D eigenvalue weighted by molar-refractivity contribution is 6.04. The second-order valence-electron chi connectivity index (χ2n) is 8.38. The molecular formula is C26H28N2O2. The molecule has 0 saturated heterocycles. The van der Waals surface area contributed by atoms with Crippen molar-refractivity contribution in [1.29, 1.82) is 0 Å². The van der Waals surface area contributed by atoms with Crippen LogP contribution in [-0.2, 0) is 17.9 Å². The van der Waals surface area contributed by atoms with Crippen LogP contribution in [0.15, 0.2) is 84.9 Å². The minimum atomic E-state index is -0.552. The summed E-state index contributed by atoms with van der Waals surface area (Å²) >= 11 is 0. The average Bonchev–Trinajstić information content (AvgIpc) is 2.74. The summed E-state index contributed by atoms with van der Waals surface area (Å²) in [5.41, 5.74) is 2.58. The van der Waals surface area contributed by atoms with Gasteiger partial charge in [-0.15, -0.1) is 0 Å². The molecule has 154 valence electrons. The Hall–Kier alpha value is -3.40. The van der Waals surface area contributed by atoms with Crippen LogP contribution in [0.25, 0.3) is 0 Å². The van der Waals surface area contributed by atoms with E-state index >= 15 is 0 Å². The first-order valence-corrected chi connectivity index (χ1v) is 10.1. The third-order valence-corrected chi connectivity index (χ3v) is 4.81. The molecule has 30 heavy (non-hydrogen) atoms. The summed E-state index contributed by atoms with van der Waals surface area (Å²) in [4.78, 5) is 27.9. The van der Waals surface area contributed by atoms with Crippen LogP contribution in [0.3, 0.4) is 0 Å². The van der Waals surface area contributed by atoms with E-state index in [1.54, 1.807) is 12.1 Å². The smallest absolute Gasteiger partial charge is 0.256 e. The van der Waals surface area contributed by atoms with Crippen molar-refractivity contribution in [3.8, 4) is 0 Å². The van der Waals surface area contributed by atoms with Crippen LogP contribution in [0.4, 0.5) is 5.69 Å². The van der Waals surface area contributed by atoms with Crippen LogP contribution < -0.4 is 5.32 Å². The molecule has 2 amide bonds. The van der Waals surface area contributed by atoms with E-state index < -0.39 is 5.41 Å². The zero-order chi connectivity index (χ0) is 21.6. The molecule has 0 aliphatic heterocycles. The Morgan fingerprint density at radius 1 is 0.733 bits per heavy atom. The number of hydrogen-bond acceptors (Lipinski definition) is 2. The minimum absolute atomic E-state index is 0.118. The van der Waals surface area contributed by atoms with Crippen molar-refractivity contribution in [2.24, 2.45) is 5.41 Å². The van der Waals surface area contributed by atoms with Crippen molar-refractivity contribution in [1.82, 2.24) is 4.90 Å². The highest BCUT2D eigenvalue weighted by Gasteiger charge is 2.25. The molecule has 0 aliphatic rings. The maximum Gasteiger partial charge on any atom is 0.256 e. The number of benzene rings is 3. The number of rotatable bonds is 6. The first-order valence-electron chi connectivity index (χ1n) is 10.1. The molecule has 0 spiro atoms. The number of nitrogens with zero attached hydrogens (tertiary/aromatic N) is 1. The van der Waals surface area contributed by atoms with Crippen LogP contribution in [-0.4, -0.2) is 16.7 Å². The van der Waals surface area contributed by atoms with Crippen molar-refractivity contribution in [2.45, 2.75) is 33.9 Å². The predicted molar refractivity (Wildman–Crippen MR) is 121 cm³/mol. The number of para-hydroxylation sites is 1. The number of amides is 2. The predicted octanol–water partition coefficient (Wildman–Crippen LogP) is 5.51. The van der Waals surface area contributed by atoms with Crippen LogP contribution >= 0.6 is 0 Å². The summed E-state index contributed by atoms with van der Waals surface area (Å²) in [6.45, 7) is 6.52. The van der Waals surface area contributed by atoms with E-state index in [1.165, 1.54) is 0 Å². The van der Waals surface area contributed by atoms with E-state index in [2.05, 4.69) is 5.32 Å². The Bertz CT molecular complexity index is 951. The number of carbonyl (C=O) groups excluding carboxylic acids is 2. The molecule has 0 atom stereocenters. The molecule has 0 aromatic heterocycles. The molecule has 0 saturated carbocycles. The van der Waals surface area contributed by atoms with Gasteiger partial charge in [-0.05, 0) is 23.3 Å². The van der Waals surface area contributed by atoms with Gasteiger partial charge in [-0.2, -0.15) is 0 Å². The molecule has 4 nitrogen and oxygen atoms in total. The normalized spacial score (nSPS) is 11.0. The topological polar surface area (TPSA) is 49.4 Å². The van der Waals surface area contributed by atoms with Gasteiger partial charge in [-0.1, -0.05) is 93.6 Å². The average molecular weight is 401 g/mol. The summed E-state index contributed by atoms with van der Waals surface area (Å²) in [5, 5.41) is 2.93. The number of anilines is 1. The van der Waals surface area contributed by atoms with Crippen molar-refractivity contribution in [3.05, 3.63) is 102 Å². The highest BCUT2D eigenvalue weighted by atomic mass is 16.2. The van der Waals surface area contributed by atoms with Crippen LogP contribution in [0.1, 0.15) is 42.3 Å². The maximum atomic E-state index is 13.6. The monoisotopic (exact) mass is 400 g/mol. The minimum Gasteiger partial charge on any atom is -0.330 e. The van der Waals surface area contributed by atoms with Crippen LogP contribution in [0.2, 0.25) is 0 Å². The summed E-state index contributed by atoms with van der Waals surface area (Å²) in [6.07, 6.45) is 0. The van der Waals surface area contributed by atoms with E-state index in [1.807, 2.05) is 98.5 Å². The Labute approximate surface area is 178 Å². The van der Waals surface area contributed by atoms with E-state index in [0.717, 1.165) is 11.1 Å². The molecule has 3 aromatic rings. The molecule has 0 unspecified atom stereocenters. The SMILES string of the molecule is CC(C)(C)C(=O)Nc1ccccc1C(=O)N(Cc1ccccc1)Cc1ccccc1. The van der Waals surface area contributed by atoms with Gasteiger partial charge in [0.15, 0.2) is 0 Å². The fraction of sp³-hybridized carbons (Fsp3) is 0.231. The highest BCUT2D eigenvalue weighted by Crippen LogP contribution is 2.23. The summed E-state index contributed by atoms with van der Waals surface area (Å²) in [6, 6.07) is 27.1. The lowest BCUT2D eigenvalue weighted by atomic mass is 9.95. The molecule has 4 heteroatoms. The van der Waals surface area contributed by atoms with Crippen molar-refractivity contribution < 1.29 is 9.59 Å². The molecule has 0 heterocycles. The number of carbonyl (C=O) groups is 2. The lowest BCUT2D eigenvalue weighted by molar-refractivity contribution is -0.123. The number of nitrogens with one attached hydrogen (secondary N) is 1. The van der Waals surface area contributed by atoms with Gasteiger partial charge < -0.3 is 10.2 Å². The van der Waals surface area contributed by atoms with Crippen LogP contribution in [0, 0.1) is 5.41 Å². The third-order valence-electron chi connectivity index (χ3n) is 4.81. The molecule has 3 aromatic carbocycles. The second kappa shape index (κ2) is 9.40. The molecule has 0 fully saturated rings. The second-order valence-corrected chi connectivity index (χ2v) is 8.38. The zero-order valence-electron chi connectivity index (χ0n) is 17.8. The Morgan fingerprint density at radius 2 is 1.20 bits per heavy atom. The van der Waals surface area contributed by atoms with Crippen LogP contribution in [0.5, 0.6) is 0 Å². The van der Waals surface area contributed by atoms with Crippen molar-refractivity contribution >= 4 is 17.5 Å². The molecule has 0 aliphatic carbocycles. The van der Waals surface area contributed by atoms with E-state index in [4.69, 9.17) is 0 Å². The standard InChI is InChI=1S/C26H28N2O2/c1-26(2,3)25(30)27-23-17-11-10-16-22(23)24(29)28(18-20-12-6-4-7-13-20)19-21-14-8-5-9-15-21/h4-17H,18-19H2,1-3H3,(H,27,30). The fourth-order valence-electron chi connectivity index (χ4n) is 3.07. The van der Waals surface area contributed by atoms with Gasteiger partial charge in [0, 0.05) is 18.5 Å².